The van der Waals surface area contributed by atoms with E-state index < -0.39 is 5.91 Å². The van der Waals surface area contributed by atoms with Gasteiger partial charge in [0.15, 0.2) is 5.75 Å². The Morgan fingerprint density at radius 1 is 1.31 bits per heavy atom. The molecule has 1 heterocycles. The van der Waals surface area contributed by atoms with Crippen LogP contribution in [0.2, 0.25) is 0 Å². The Balaban J connectivity index is 2.33. The molecule has 1 aromatic heterocycles. The Labute approximate surface area is 150 Å². The lowest BCUT2D eigenvalue weighted by molar-refractivity contribution is 0.0998. The number of phenols is 1. The highest BCUT2D eigenvalue weighted by Crippen LogP contribution is 2.41. The molecule has 1 amide bonds. The maximum Gasteiger partial charge on any atom is 0.252 e. The Morgan fingerprint density at radius 2 is 2.04 bits per heavy atom. The molecular weight excluding hydrogens is 334 g/mol. The summed E-state index contributed by atoms with van der Waals surface area (Å²) >= 11 is 0. The number of carbonyl (C=O) groups excluding carboxylic acids is 1. The van der Waals surface area contributed by atoms with E-state index in [-0.39, 0.29) is 18.0 Å². The summed E-state index contributed by atoms with van der Waals surface area (Å²) in [6, 6.07) is 10.4. The summed E-state index contributed by atoms with van der Waals surface area (Å²) in [5.74, 6) is -0.591. The van der Waals surface area contributed by atoms with E-state index >= 15 is 0 Å². The van der Waals surface area contributed by atoms with E-state index in [4.69, 9.17) is 10.5 Å². The van der Waals surface area contributed by atoms with Gasteiger partial charge in [-0.1, -0.05) is 18.2 Å². The van der Waals surface area contributed by atoms with Crippen molar-refractivity contribution in [1.82, 2.24) is 4.98 Å². The van der Waals surface area contributed by atoms with Crippen molar-refractivity contribution in [3.05, 3.63) is 53.7 Å². The van der Waals surface area contributed by atoms with Gasteiger partial charge in [-0.2, -0.15) is 0 Å². The number of methoxy groups -OCH3 is 1. The second kappa shape index (κ2) is 6.89. The van der Waals surface area contributed by atoms with Gasteiger partial charge in [0.1, 0.15) is 12.5 Å². The summed E-state index contributed by atoms with van der Waals surface area (Å²) in [7, 11) is 1.50. The fourth-order valence-electron chi connectivity index (χ4n) is 2.95. The molecule has 26 heavy (non-hydrogen) atoms. The van der Waals surface area contributed by atoms with Gasteiger partial charge in [0.05, 0.1) is 30.1 Å². The van der Waals surface area contributed by atoms with E-state index in [1.54, 1.807) is 4.90 Å². The zero-order valence-corrected chi connectivity index (χ0v) is 14.4. The summed E-state index contributed by atoms with van der Waals surface area (Å²) in [5.41, 5.74) is 7.97. The monoisotopic (exact) mass is 353 g/mol. The molecule has 0 saturated carbocycles. The molecule has 0 bridgehead atoms. The van der Waals surface area contributed by atoms with Gasteiger partial charge in [0, 0.05) is 11.1 Å². The molecular formula is C19H19N3O4. The summed E-state index contributed by atoms with van der Waals surface area (Å²) in [6.45, 7) is 1.61. The van der Waals surface area contributed by atoms with Crippen LogP contribution in [0.15, 0.2) is 42.6 Å². The number of anilines is 2. The first kappa shape index (κ1) is 17.5. The number of carbonyl (C=O) groups is 1. The van der Waals surface area contributed by atoms with Crippen LogP contribution in [-0.4, -0.2) is 34.9 Å². The van der Waals surface area contributed by atoms with Crippen molar-refractivity contribution in [3.8, 4) is 11.5 Å². The predicted molar refractivity (Wildman–Crippen MR) is 98.9 cm³/mol. The second-order valence-electron chi connectivity index (χ2n) is 5.78. The number of aromatic hydroxyl groups is 1. The van der Waals surface area contributed by atoms with Crippen molar-refractivity contribution in [2.24, 2.45) is 5.73 Å². The number of aliphatic hydroxyl groups is 1. The van der Waals surface area contributed by atoms with Gasteiger partial charge in [-0.05, 0) is 30.7 Å². The normalized spacial score (nSPS) is 10.7. The molecule has 3 aromatic rings. The van der Waals surface area contributed by atoms with Gasteiger partial charge in [-0.25, -0.2) is 0 Å². The number of benzene rings is 2. The maximum atomic E-state index is 11.5. The Bertz CT molecular complexity index is 988. The average Bonchev–Trinajstić information content (AvgIpc) is 2.63. The number of nitrogens with two attached hydrogens (primary N) is 1. The lowest BCUT2D eigenvalue weighted by Crippen LogP contribution is -2.20. The van der Waals surface area contributed by atoms with Crippen LogP contribution in [0.3, 0.4) is 0 Å². The van der Waals surface area contributed by atoms with E-state index in [2.05, 4.69) is 4.98 Å². The molecule has 0 aliphatic carbocycles. The van der Waals surface area contributed by atoms with Crippen LogP contribution in [0.5, 0.6) is 11.5 Å². The lowest BCUT2D eigenvalue weighted by atomic mass is 10.1. The Morgan fingerprint density at radius 3 is 2.65 bits per heavy atom. The van der Waals surface area contributed by atoms with E-state index in [9.17, 15) is 15.0 Å². The summed E-state index contributed by atoms with van der Waals surface area (Å²) in [4.78, 5) is 17.4. The van der Waals surface area contributed by atoms with Gasteiger partial charge < -0.3 is 25.6 Å². The average molecular weight is 353 g/mol. The van der Waals surface area contributed by atoms with Crippen molar-refractivity contribution in [2.75, 3.05) is 18.7 Å². The lowest BCUT2D eigenvalue weighted by Gasteiger charge is -2.27. The van der Waals surface area contributed by atoms with Crippen molar-refractivity contribution in [3.63, 3.8) is 0 Å². The molecule has 134 valence electrons. The highest BCUT2D eigenvalue weighted by molar-refractivity contribution is 6.04. The minimum absolute atomic E-state index is 0.0208. The molecule has 0 unspecified atom stereocenters. The number of fused-ring (bicyclic) bond motifs is 1. The number of para-hydroxylation sites is 1. The van der Waals surface area contributed by atoms with Crippen molar-refractivity contribution in [1.29, 1.82) is 0 Å². The first-order valence-electron chi connectivity index (χ1n) is 7.91. The number of nitrogens with zero attached hydrogens (tertiary/aromatic N) is 2. The molecule has 7 nitrogen and oxygen atoms in total. The minimum Gasteiger partial charge on any atom is -0.507 e. The number of hydrogen-bond donors (Lipinski definition) is 3. The van der Waals surface area contributed by atoms with Gasteiger partial charge in [0.2, 0.25) is 0 Å². The first-order valence-corrected chi connectivity index (χ1v) is 7.91. The minimum atomic E-state index is -0.749. The van der Waals surface area contributed by atoms with Crippen molar-refractivity contribution >= 4 is 28.2 Å². The number of aryl methyl sites for hydroxylation is 1. The molecule has 0 radical (unpaired) electrons. The van der Waals surface area contributed by atoms with Crippen LogP contribution in [-0.2, 0) is 0 Å². The van der Waals surface area contributed by atoms with Crippen LogP contribution in [0.1, 0.15) is 15.9 Å². The van der Waals surface area contributed by atoms with Crippen LogP contribution in [0.4, 0.5) is 11.4 Å². The smallest absolute Gasteiger partial charge is 0.252 e. The SMILES string of the molecule is COc1cnc2cc(C(N)=O)c(O)cc2c1N(CO)c1ccccc1C. The number of hydrogen-bond acceptors (Lipinski definition) is 6. The molecule has 0 saturated heterocycles. The highest BCUT2D eigenvalue weighted by Gasteiger charge is 2.21. The van der Waals surface area contributed by atoms with E-state index in [1.807, 2.05) is 31.2 Å². The quantitative estimate of drug-likeness (QED) is 0.608. The number of rotatable bonds is 5. The van der Waals surface area contributed by atoms with E-state index in [1.165, 1.54) is 25.4 Å². The largest absolute Gasteiger partial charge is 0.507 e. The molecule has 0 fully saturated rings. The zero-order valence-electron chi connectivity index (χ0n) is 14.4. The molecule has 7 heteroatoms. The summed E-state index contributed by atoms with van der Waals surface area (Å²) in [6.07, 6.45) is 1.50. The van der Waals surface area contributed by atoms with Crippen LogP contribution >= 0.6 is 0 Å². The van der Waals surface area contributed by atoms with Gasteiger partial charge in [0.25, 0.3) is 5.91 Å². The van der Waals surface area contributed by atoms with E-state index in [0.717, 1.165) is 11.3 Å². The third-order valence-corrected chi connectivity index (χ3v) is 4.23. The number of primary amides is 1. The molecule has 2 aromatic carbocycles. The van der Waals surface area contributed by atoms with E-state index in [0.29, 0.717) is 22.3 Å². The Kier molecular flexibility index (Phi) is 4.64. The zero-order chi connectivity index (χ0) is 18.8. The topological polar surface area (TPSA) is 109 Å². The highest BCUT2D eigenvalue weighted by atomic mass is 16.5. The fraction of sp³-hybridized carbons (Fsp3) is 0.158. The molecule has 0 aliphatic rings. The molecule has 0 aliphatic heterocycles. The van der Waals surface area contributed by atoms with Crippen LogP contribution < -0.4 is 15.4 Å². The first-order chi connectivity index (χ1) is 12.5. The molecule has 0 spiro atoms. The molecule has 0 atom stereocenters. The van der Waals surface area contributed by atoms with Gasteiger partial charge in [-0.15, -0.1) is 0 Å². The third kappa shape index (κ3) is 2.89. The molecule has 4 N–H and O–H groups in total. The van der Waals surface area contributed by atoms with Crippen LogP contribution in [0, 0.1) is 6.92 Å². The second-order valence-corrected chi connectivity index (χ2v) is 5.78. The summed E-state index contributed by atoms with van der Waals surface area (Å²) < 4.78 is 5.43. The van der Waals surface area contributed by atoms with Gasteiger partial charge in [-0.3, -0.25) is 9.78 Å². The van der Waals surface area contributed by atoms with Crippen LogP contribution in [0.25, 0.3) is 10.9 Å². The number of aromatic nitrogens is 1. The van der Waals surface area contributed by atoms with Gasteiger partial charge >= 0.3 is 0 Å². The standard InChI is InChI=1S/C19H19N3O4/c1-11-5-3-4-6-15(11)22(10-23)18-12-8-16(24)13(19(20)25)7-14(12)21-9-17(18)26-2/h3-9,23-24H,10H2,1-2H3,(H2,20,25). The number of aliphatic hydroxyl groups excluding tert-OH is 1. The fourth-order valence-corrected chi connectivity index (χ4v) is 2.95. The molecule has 3 rings (SSSR count). The maximum absolute atomic E-state index is 11.5. The third-order valence-electron chi connectivity index (χ3n) is 4.23. The summed E-state index contributed by atoms with van der Waals surface area (Å²) in [5, 5.41) is 20.8. The number of amides is 1. The number of ether oxygens (including phenoxy) is 1. The Hall–Kier alpha value is -3.32. The van der Waals surface area contributed by atoms with Crippen molar-refractivity contribution in [2.45, 2.75) is 6.92 Å². The van der Waals surface area contributed by atoms with Crippen molar-refractivity contribution < 1.29 is 19.7 Å². The predicted octanol–water partition coefficient (Wildman–Crippen LogP) is 2.44. The number of pyridine rings is 1.